The van der Waals surface area contributed by atoms with Crippen LogP contribution in [0.2, 0.25) is 10.0 Å². The molecule has 1 heterocycles. The molecule has 0 saturated heterocycles. The van der Waals surface area contributed by atoms with Crippen LogP contribution in [0.15, 0.2) is 29.0 Å². The summed E-state index contributed by atoms with van der Waals surface area (Å²) in [6.07, 6.45) is 1.25. The van der Waals surface area contributed by atoms with Crippen LogP contribution in [0.4, 0.5) is 0 Å². The molecule has 1 aromatic heterocycles. The zero-order valence-electron chi connectivity index (χ0n) is 6.37. The second kappa shape index (κ2) is 3.36. The van der Waals surface area contributed by atoms with Crippen LogP contribution in [0.5, 0.6) is 0 Å². The second-order valence-electron chi connectivity index (χ2n) is 2.37. The zero-order chi connectivity index (χ0) is 9.26. The first-order valence-corrected chi connectivity index (χ1v) is 4.24. The van der Waals surface area contributed by atoms with Gasteiger partial charge in [-0.2, -0.15) is 0 Å². The second-order valence-corrected chi connectivity index (χ2v) is 3.21. The summed E-state index contributed by atoms with van der Waals surface area (Å²) in [5.74, 6) is 0.390. The van der Waals surface area contributed by atoms with Gasteiger partial charge in [0.15, 0.2) is 0 Å². The molecule has 0 aliphatic carbocycles. The van der Waals surface area contributed by atoms with E-state index in [2.05, 4.69) is 10.2 Å². The van der Waals surface area contributed by atoms with E-state index in [0.717, 1.165) is 0 Å². The molecule has 5 heteroatoms. The first-order chi connectivity index (χ1) is 6.27. The minimum atomic E-state index is 0.390. The first-order valence-electron chi connectivity index (χ1n) is 3.49. The normalized spacial score (nSPS) is 10.3. The highest BCUT2D eigenvalue weighted by molar-refractivity contribution is 6.36. The molecule has 2 rings (SSSR count). The van der Waals surface area contributed by atoms with E-state index in [9.17, 15) is 0 Å². The summed E-state index contributed by atoms with van der Waals surface area (Å²) < 4.78 is 4.99. The lowest BCUT2D eigenvalue weighted by Gasteiger charge is -1.98. The van der Waals surface area contributed by atoms with Gasteiger partial charge in [-0.15, -0.1) is 10.2 Å². The van der Waals surface area contributed by atoms with Crippen LogP contribution < -0.4 is 0 Å². The molecule has 0 bridgehead atoms. The molecule has 0 atom stereocenters. The monoisotopic (exact) mass is 214 g/mol. The van der Waals surface area contributed by atoms with Crippen LogP contribution in [-0.2, 0) is 0 Å². The standard InChI is InChI=1S/C8H4Cl2N2O/c9-5-1-2-6(7(10)3-5)8-12-11-4-13-8/h1-4H. The largest absolute Gasteiger partial charge is 0.423 e. The molecule has 0 aliphatic rings. The number of rotatable bonds is 1. The number of aromatic nitrogens is 2. The summed E-state index contributed by atoms with van der Waals surface area (Å²) in [4.78, 5) is 0. The summed E-state index contributed by atoms with van der Waals surface area (Å²) in [6.45, 7) is 0. The topological polar surface area (TPSA) is 38.9 Å². The molecule has 0 radical (unpaired) electrons. The Morgan fingerprint density at radius 3 is 2.69 bits per heavy atom. The maximum absolute atomic E-state index is 5.91. The summed E-state index contributed by atoms with van der Waals surface area (Å²) in [6, 6.07) is 5.08. The first kappa shape index (κ1) is 8.53. The van der Waals surface area contributed by atoms with Gasteiger partial charge in [-0.1, -0.05) is 23.2 Å². The van der Waals surface area contributed by atoms with Crippen molar-refractivity contribution in [3.63, 3.8) is 0 Å². The van der Waals surface area contributed by atoms with Gasteiger partial charge < -0.3 is 4.42 Å². The van der Waals surface area contributed by atoms with E-state index in [1.807, 2.05) is 0 Å². The summed E-state index contributed by atoms with van der Waals surface area (Å²) in [7, 11) is 0. The van der Waals surface area contributed by atoms with Crippen molar-refractivity contribution >= 4 is 23.2 Å². The Morgan fingerprint density at radius 1 is 1.23 bits per heavy atom. The smallest absolute Gasteiger partial charge is 0.248 e. The molecule has 0 aliphatic heterocycles. The van der Waals surface area contributed by atoms with E-state index >= 15 is 0 Å². The van der Waals surface area contributed by atoms with Crippen molar-refractivity contribution in [2.45, 2.75) is 0 Å². The van der Waals surface area contributed by atoms with Gasteiger partial charge in [0.2, 0.25) is 12.3 Å². The molecular weight excluding hydrogens is 211 g/mol. The highest BCUT2D eigenvalue weighted by Gasteiger charge is 2.08. The number of benzene rings is 1. The van der Waals surface area contributed by atoms with Crippen molar-refractivity contribution in [2.75, 3.05) is 0 Å². The maximum Gasteiger partial charge on any atom is 0.248 e. The van der Waals surface area contributed by atoms with Gasteiger partial charge in [-0.25, -0.2) is 0 Å². The van der Waals surface area contributed by atoms with Crippen molar-refractivity contribution in [2.24, 2.45) is 0 Å². The Labute approximate surface area is 84.3 Å². The molecule has 0 spiro atoms. The van der Waals surface area contributed by atoms with E-state index < -0.39 is 0 Å². The number of hydrogen-bond donors (Lipinski definition) is 0. The SMILES string of the molecule is Clc1ccc(-c2nnco2)c(Cl)c1. The average Bonchev–Trinajstić information content (AvgIpc) is 2.56. The van der Waals surface area contributed by atoms with E-state index in [-0.39, 0.29) is 0 Å². The fourth-order valence-corrected chi connectivity index (χ4v) is 1.44. The van der Waals surface area contributed by atoms with Crippen LogP contribution in [0.1, 0.15) is 0 Å². The molecule has 0 amide bonds. The third-order valence-electron chi connectivity index (χ3n) is 1.52. The van der Waals surface area contributed by atoms with Crippen LogP contribution in [0.3, 0.4) is 0 Å². The lowest BCUT2D eigenvalue weighted by atomic mass is 10.2. The maximum atomic E-state index is 5.91. The number of hydrogen-bond acceptors (Lipinski definition) is 3. The third kappa shape index (κ3) is 1.66. The third-order valence-corrected chi connectivity index (χ3v) is 2.07. The van der Waals surface area contributed by atoms with Crippen LogP contribution in [0.25, 0.3) is 11.5 Å². The van der Waals surface area contributed by atoms with Crippen molar-refractivity contribution in [1.82, 2.24) is 10.2 Å². The molecule has 2 aromatic rings. The van der Waals surface area contributed by atoms with E-state index in [1.165, 1.54) is 6.39 Å². The summed E-state index contributed by atoms with van der Waals surface area (Å²) in [5, 5.41) is 8.36. The zero-order valence-corrected chi connectivity index (χ0v) is 7.88. The van der Waals surface area contributed by atoms with Gasteiger partial charge in [0.25, 0.3) is 0 Å². The quantitative estimate of drug-likeness (QED) is 0.733. The Hall–Kier alpha value is -1.06. The number of halogens is 2. The lowest BCUT2D eigenvalue weighted by molar-refractivity contribution is 0.568. The summed E-state index contributed by atoms with van der Waals surface area (Å²) >= 11 is 11.6. The predicted molar refractivity (Wildman–Crippen MR) is 49.8 cm³/mol. The Balaban J connectivity index is 2.53. The molecule has 0 fully saturated rings. The minimum absolute atomic E-state index is 0.390. The molecule has 1 aromatic carbocycles. The summed E-state index contributed by atoms with van der Waals surface area (Å²) in [5.41, 5.74) is 0.684. The average molecular weight is 215 g/mol. The molecule has 0 N–H and O–H groups in total. The Morgan fingerprint density at radius 2 is 2.08 bits per heavy atom. The van der Waals surface area contributed by atoms with Crippen molar-refractivity contribution < 1.29 is 4.42 Å². The number of nitrogens with zero attached hydrogens (tertiary/aromatic N) is 2. The van der Waals surface area contributed by atoms with E-state index in [0.29, 0.717) is 21.5 Å². The Kier molecular flexibility index (Phi) is 2.20. The highest BCUT2D eigenvalue weighted by Crippen LogP contribution is 2.28. The van der Waals surface area contributed by atoms with Gasteiger partial charge >= 0.3 is 0 Å². The van der Waals surface area contributed by atoms with Gasteiger partial charge in [0, 0.05) is 5.02 Å². The molecular formula is C8H4Cl2N2O. The molecule has 3 nitrogen and oxygen atoms in total. The van der Waals surface area contributed by atoms with Crippen molar-refractivity contribution in [3.05, 3.63) is 34.6 Å². The lowest BCUT2D eigenvalue weighted by Crippen LogP contribution is -1.79. The molecule has 13 heavy (non-hydrogen) atoms. The highest BCUT2D eigenvalue weighted by atomic mass is 35.5. The van der Waals surface area contributed by atoms with Gasteiger partial charge in [-0.05, 0) is 18.2 Å². The minimum Gasteiger partial charge on any atom is -0.423 e. The van der Waals surface area contributed by atoms with Gasteiger partial charge in [-0.3, -0.25) is 0 Å². The predicted octanol–water partition coefficient (Wildman–Crippen LogP) is 3.04. The fourth-order valence-electron chi connectivity index (χ4n) is 0.953. The van der Waals surface area contributed by atoms with Gasteiger partial charge in [0.05, 0.1) is 10.6 Å². The van der Waals surface area contributed by atoms with Crippen LogP contribution in [-0.4, -0.2) is 10.2 Å². The van der Waals surface area contributed by atoms with Crippen molar-refractivity contribution in [3.8, 4) is 11.5 Å². The van der Waals surface area contributed by atoms with Crippen molar-refractivity contribution in [1.29, 1.82) is 0 Å². The van der Waals surface area contributed by atoms with E-state index in [1.54, 1.807) is 18.2 Å². The molecule has 66 valence electrons. The molecule has 0 unspecified atom stereocenters. The fraction of sp³-hybridized carbons (Fsp3) is 0. The van der Waals surface area contributed by atoms with E-state index in [4.69, 9.17) is 27.6 Å². The van der Waals surface area contributed by atoms with Gasteiger partial charge in [0.1, 0.15) is 0 Å². The molecule has 0 saturated carbocycles. The van der Waals surface area contributed by atoms with Crippen LogP contribution in [0, 0.1) is 0 Å². The Bertz CT molecular complexity index is 414. The van der Waals surface area contributed by atoms with Crippen LogP contribution >= 0.6 is 23.2 Å².